The summed E-state index contributed by atoms with van der Waals surface area (Å²) in [5.41, 5.74) is 6.56. The van der Waals surface area contributed by atoms with E-state index in [0.29, 0.717) is 0 Å². The van der Waals surface area contributed by atoms with Gasteiger partial charge in [0, 0.05) is 18.7 Å². The van der Waals surface area contributed by atoms with E-state index in [0.717, 1.165) is 12.1 Å². The number of nitrogens with two attached hydrogens (primary N) is 1. The van der Waals surface area contributed by atoms with Gasteiger partial charge in [0.1, 0.15) is 0 Å². The summed E-state index contributed by atoms with van der Waals surface area (Å²) >= 11 is 0. The number of nitrogens with zero attached hydrogens (tertiary/aromatic N) is 1. The molecule has 0 amide bonds. The molecule has 58 valence electrons. The first-order valence-corrected chi connectivity index (χ1v) is 3.02. The molecule has 4 heteroatoms. The molecule has 0 radical (unpaired) electrons. The van der Waals surface area contributed by atoms with E-state index >= 15 is 0 Å². The van der Waals surface area contributed by atoms with Gasteiger partial charge in [0.2, 0.25) is 0 Å². The van der Waals surface area contributed by atoms with Gasteiger partial charge in [-0.3, -0.25) is 0 Å². The van der Waals surface area contributed by atoms with Gasteiger partial charge in [-0.1, -0.05) is 0 Å². The van der Waals surface area contributed by atoms with Gasteiger partial charge < -0.3 is 10.7 Å². The van der Waals surface area contributed by atoms with Crippen LogP contribution in [0.3, 0.4) is 0 Å². The van der Waals surface area contributed by atoms with Crippen LogP contribution in [0.4, 0.5) is 0 Å². The third-order valence-electron chi connectivity index (χ3n) is 1.09. The van der Waals surface area contributed by atoms with Crippen molar-refractivity contribution in [2.75, 3.05) is 0 Å². The number of hydrogen-bond donors (Lipinski definition) is 2. The van der Waals surface area contributed by atoms with Crippen molar-refractivity contribution < 1.29 is 0 Å². The molecule has 0 aromatic carbocycles. The molecule has 1 rings (SSSR count). The highest BCUT2D eigenvalue weighted by Gasteiger charge is 1.96. The van der Waals surface area contributed by atoms with Crippen LogP contribution in [0, 0.1) is 0 Å². The largest absolute Gasteiger partial charge is 0.351 e. The van der Waals surface area contributed by atoms with E-state index < -0.39 is 0 Å². The summed E-state index contributed by atoms with van der Waals surface area (Å²) in [6, 6.07) is 0.202. The lowest BCUT2D eigenvalue weighted by Gasteiger charge is -1.98. The molecule has 0 fully saturated rings. The van der Waals surface area contributed by atoms with Gasteiger partial charge in [-0.2, -0.15) is 0 Å². The molecule has 0 aliphatic carbocycles. The topological polar surface area (TPSA) is 54.7 Å². The van der Waals surface area contributed by atoms with Crippen LogP contribution in [0.5, 0.6) is 0 Å². The van der Waals surface area contributed by atoms with E-state index in [9.17, 15) is 0 Å². The van der Waals surface area contributed by atoms with Gasteiger partial charge >= 0.3 is 0 Å². The Kier molecular flexibility index (Phi) is 4.07. The van der Waals surface area contributed by atoms with E-state index in [2.05, 4.69) is 9.97 Å². The Morgan fingerprint density at radius 3 is 2.90 bits per heavy atom. The van der Waals surface area contributed by atoms with E-state index in [1.165, 1.54) is 0 Å². The lowest BCUT2D eigenvalue weighted by molar-refractivity contribution is 0.725. The number of H-pyrrole nitrogens is 1. The zero-order valence-electron chi connectivity index (χ0n) is 5.87. The quantitative estimate of drug-likeness (QED) is 0.672. The Labute approximate surface area is 66.4 Å². The third-order valence-corrected chi connectivity index (χ3v) is 1.09. The maximum absolute atomic E-state index is 5.53. The maximum Gasteiger partial charge on any atom is 0.0923 e. The average Bonchev–Trinajstić information content (AvgIpc) is 2.15. The lowest BCUT2D eigenvalue weighted by Crippen LogP contribution is -2.17. The zero-order valence-corrected chi connectivity index (χ0v) is 6.69. The predicted octanol–water partition coefficient (Wildman–Crippen LogP) is 0.721. The van der Waals surface area contributed by atoms with E-state index in [1.807, 2.05) is 13.1 Å². The number of hydrogen-bond acceptors (Lipinski definition) is 2. The van der Waals surface area contributed by atoms with Crippen molar-refractivity contribution in [2.24, 2.45) is 5.73 Å². The smallest absolute Gasteiger partial charge is 0.0923 e. The second-order valence-corrected chi connectivity index (χ2v) is 2.24. The number of nitrogens with one attached hydrogen (secondary N) is 1. The van der Waals surface area contributed by atoms with E-state index in [-0.39, 0.29) is 18.4 Å². The summed E-state index contributed by atoms with van der Waals surface area (Å²) < 4.78 is 0. The maximum atomic E-state index is 5.53. The van der Waals surface area contributed by atoms with Crippen LogP contribution in [0.25, 0.3) is 0 Å². The van der Waals surface area contributed by atoms with E-state index in [1.54, 1.807) is 6.33 Å². The van der Waals surface area contributed by atoms with Crippen molar-refractivity contribution in [3.05, 3.63) is 18.2 Å². The fourth-order valence-electron chi connectivity index (χ4n) is 0.732. The predicted molar refractivity (Wildman–Crippen MR) is 43.2 cm³/mol. The number of rotatable bonds is 2. The molecule has 0 bridgehead atoms. The molecule has 0 aliphatic heterocycles. The van der Waals surface area contributed by atoms with Gasteiger partial charge in [0.15, 0.2) is 0 Å². The molecule has 1 aromatic rings. The molecular weight excluding hydrogens is 150 g/mol. The van der Waals surface area contributed by atoms with Crippen molar-refractivity contribution in [2.45, 2.75) is 19.4 Å². The van der Waals surface area contributed by atoms with Crippen molar-refractivity contribution in [3.8, 4) is 0 Å². The molecule has 10 heavy (non-hydrogen) atoms. The van der Waals surface area contributed by atoms with Crippen molar-refractivity contribution in [3.63, 3.8) is 0 Å². The second-order valence-electron chi connectivity index (χ2n) is 2.24. The van der Waals surface area contributed by atoms with Gasteiger partial charge in [0.25, 0.3) is 0 Å². The Hall–Kier alpha value is -0.540. The molecule has 0 aliphatic rings. The minimum Gasteiger partial charge on any atom is -0.351 e. The fraction of sp³-hybridized carbons (Fsp3) is 0.500. The number of imidazole rings is 1. The Morgan fingerprint density at radius 2 is 2.50 bits per heavy atom. The van der Waals surface area contributed by atoms with Crippen LogP contribution < -0.4 is 5.73 Å². The molecule has 1 aromatic heterocycles. The summed E-state index contributed by atoms with van der Waals surface area (Å²) in [5.74, 6) is 0. The molecule has 1 atom stereocenters. The first-order chi connectivity index (χ1) is 4.29. The molecule has 0 spiro atoms. The monoisotopic (exact) mass is 161 g/mol. The molecule has 0 saturated carbocycles. The zero-order chi connectivity index (χ0) is 6.69. The normalized spacial score (nSPS) is 12.2. The summed E-state index contributed by atoms with van der Waals surface area (Å²) in [7, 11) is 0. The molecule has 3 N–H and O–H groups in total. The highest BCUT2D eigenvalue weighted by atomic mass is 35.5. The first kappa shape index (κ1) is 9.46. The van der Waals surface area contributed by atoms with Crippen LogP contribution in [0.2, 0.25) is 0 Å². The number of aromatic nitrogens is 2. The summed E-state index contributed by atoms with van der Waals surface area (Å²) in [6.07, 6.45) is 4.38. The van der Waals surface area contributed by atoms with Crippen LogP contribution in [-0.2, 0) is 6.42 Å². The number of aromatic amines is 1. The summed E-state index contributed by atoms with van der Waals surface area (Å²) in [6.45, 7) is 1.97. The SMILES string of the molecule is CC(N)Cc1c[nH]cn1.Cl. The minimum absolute atomic E-state index is 0. The highest BCUT2D eigenvalue weighted by molar-refractivity contribution is 5.85. The summed E-state index contributed by atoms with van der Waals surface area (Å²) in [4.78, 5) is 6.89. The van der Waals surface area contributed by atoms with Gasteiger partial charge in [-0.05, 0) is 6.92 Å². The van der Waals surface area contributed by atoms with Crippen LogP contribution in [-0.4, -0.2) is 16.0 Å². The second kappa shape index (κ2) is 4.30. The van der Waals surface area contributed by atoms with E-state index in [4.69, 9.17) is 5.73 Å². The van der Waals surface area contributed by atoms with Crippen molar-refractivity contribution in [1.82, 2.24) is 9.97 Å². The summed E-state index contributed by atoms with van der Waals surface area (Å²) in [5, 5.41) is 0. The van der Waals surface area contributed by atoms with Crippen molar-refractivity contribution in [1.29, 1.82) is 0 Å². The Balaban J connectivity index is 0.000000810. The van der Waals surface area contributed by atoms with Crippen molar-refractivity contribution >= 4 is 12.4 Å². The highest BCUT2D eigenvalue weighted by Crippen LogP contribution is 1.93. The average molecular weight is 162 g/mol. The third kappa shape index (κ3) is 2.85. The van der Waals surface area contributed by atoms with Crippen LogP contribution in [0.15, 0.2) is 12.5 Å². The van der Waals surface area contributed by atoms with Crippen LogP contribution >= 0.6 is 12.4 Å². The number of halogens is 1. The minimum atomic E-state index is 0. The molecule has 0 saturated heterocycles. The Bertz CT molecular complexity index is 160. The van der Waals surface area contributed by atoms with Crippen LogP contribution in [0.1, 0.15) is 12.6 Å². The fourth-order valence-corrected chi connectivity index (χ4v) is 0.732. The van der Waals surface area contributed by atoms with Gasteiger partial charge in [0.05, 0.1) is 12.0 Å². The Morgan fingerprint density at radius 1 is 1.80 bits per heavy atom. The molecule has 3 nitrogen and oxygen atoms in total. The molecular formula is C6H12ClN3. The van der Waals surface area contributed by atoms with Gasteiger partial charge in [-0.25, -0.2) is 4.98 Å². The first-order valence-electron chi connectivity index (χ1n) is 3.02. The standard InChI is InChI=1S/C6H11N3.ClH/c1-5(7)2-6-3-8-4-9-6;/h3-5H,2,7H2,1H3,(H,8,9);1H. The van der Waals surface area contributed by atoms with Gasteiger partial charge in [-0.15, -0.1) is 12.4 Å². The lowest BCUT2D eigenvalue weighted by atomic mass is 10.2. The molecule has 1 heterocycles. The molecule has 1 unspecified atom stereocenters.